The summed E-state index contributed by atoms with van der Waals surface area (Å²) in [7, 11) is 3.39. The molecule has 1 fully saturated rings. The Morgan fingerprint density at radius 3 is 2.94 bits per heavy atom. The van der Waals surface area contributed by atoms with Gasteiger partial charge in [-0.2, -0.15) is 15.2 Å². The molecule has 1 amide bonds. The summed E-state index contributed by atoms with van der Waals surface area (Å²) in [6.07, 6.45) is 4.65. The number of aromatic nitrogens is 6. The summed E-state index contributed by atoms with van der Waals surface area (Å²) in [5.41, 5.74) is 2.77. The van der Waals surface area contributed by atoms with Crippen LogP contribution in [0.15, 0.2) is 36.7 Å². The van der Waals surface area contributed by atoms with Crippen LogP contribution in [0, 0.1) is 6.92 Å². The minimum absolute atomic E-state index is 0.158. The van der Waals surface area contributed by atoms with Crippen LogP contribution in [0.4, 0.5) is 11.6 Å². The zero-order chi connectivity index (χ0) is 22.9. The Morgan fingerprint density at radius 2 is 2.15 bits per heavy atom. The van der Waals surface area contributed by atoms with Gasteiger partial charge in [-0.1, -0.05) is 0 Å². The molecule has 1 aliphatic rings. The second-order valence-corrected chi connectivity index (χ2v) is 7.90. The molecule has 4 heterocycles. The molecule has 33 heavy (non-hydrogen) atoms. The number of benzene rings is 1. The third-order valence-corrected chi connectivity index (χ3v) is 5.59. The van der Waals surface area contributed by atoms with Crippen molar-refractivity contribution in [3.05, 3.63) is 48.0 Å². The van der Waals surface area contributed by atoms with E-state index in [9.17, 15) is 4.79 Å². The third kappa shape index (κ3) is 4.10. The molecule has 0 radical (unpaired) electrons. The largest absolute Gasteiger partial charge is 0.485 e. The number of ether oxygens (including phenoxy) is 1. The Labute approximate surface area is 190 Å². The molecule has 1 aliphatic heterocycles. The van der Waals surface area contributed by atoms with Crippen molar-refractivity contribution in [1.29, 1.82) is 0 Å². The van der Waals surface area contributed by atoms with Crippen LogP contribution in [-0.4, -0.2) is 61.7 Å². The van der Waals surface area contributed by atoms with Gasteiger partial charge in [-0.3, -0.25) is 9.48 Å². The maximum atomic E-state index is 12.2. The minimum Gasteiger partial charge on any atom is -0.485 e. The molecular weight excluding hydrogens is 422 g/mol. The molecule has 0 unspecified atom stereocenters. The quantitative estimate of drug-likeness (QED) is 0.408. The lowest BCUT2D eigenvalue weighted by molar-refractivity contribution is 0.0959. The van der Waals surface area contributed by atoms with Crippen LogP contribution in [-0.2, 0) is 7.05 Å². The van der Waals surface area contributed by atoms with Crippen LogP contribution < -0.4 is 20.7 Å². The maximum Gasteiger partial charge on any atom is 0.272 e. The van der Waals surface area contributed by atoms with Crippen molar-refractivity contribution in [1.82, 2.24) is 40.2 Å². The van der Waals surface area contributed by atoms with Gasteiger partial charge in [0.1, 0.15) is 11.8 Å². The topological polar surface area (TPSA) is 124 Å². The highest BCUT2D eigenvalue weighted by atomic mass is 16.5. The van der Waals surface area contributed by atoms with E-state index >= 15 is 0 Å². The van der Waals surface area contributed by atoms with Gasteiger partial charge in [-0.05, 0) is 38.1 Å². The molecule has 11 nitrogen and oxygen atoms in total. The number of hydrogen-bond acceptors (Lipinski definition) is 8. The number of carbonyl (C=O) groups is 1. The lowest BCUT2D eigenvalue weighted by Gasteiger charge is -2.10. The van der Waals surface area contributed by atoms with Crippen molar-refractivity contribution < 1.29 is 9.53 Å². The van der Waals surface area contributed by atoms with Gasteiger partial charge < -0.3 is 20.7 Å². The molecular formula is C22H25N9O2. The molecule has 0 saturated carbocycles. The summed E-state index contributed by atoms with van der Waals surface area (Å²) in [6.45, 7) is 3.73. The first-order valence-electron chi connectivity index (χ1n) is 10.7. The van der Waals surface area contributed by atoms with E-state index in [1.807, 2.05) is 38.4 Å². The molecule has 0 aliphatic carbocycles. The van der Waals surface area contributed by atoms with E-state index < -0.39 is 0 Å². The Morgan fingerprint density at radius 1 is 1.27 bits per heavy atom. The monoisotopic (exact) mass is 447 g/mol. The lowest BCUT2D eigenvalue weighted by Crippen LogP contribution is -2.19. The van der Waals surface area contributed by atoms with E-state index in [-0.39, 0.29) is 12.0 Å². The van der Waals surface area contributed by atoms with Gasteiger partial charge in [0.2, 0.25) is 5.95 Å². The van der Waals surface area contributed by atoms with E-state index in [4.69, 9.17) is 4.74 Å². The first-order valence-corrected chi connectivity index (χ1v) is 10.7. The number of anilines is 2. The fraction of sp³-hybridized carbons (Fsp3) is 0.318. The van der Waals surface area contributed by atoms with Gasteiger partial charge >= 0.3 is 0 Å². The Hall–Kier alpha value is -3.99. The number of nitrogens with one attached hydrogen (secondary N) is 3. The fourth-order valence-corrected chi connectivity index (χ4v) is 3.88. The molecule has 3 aromatic heterocycles. The smallest absolute Gasteiger partial charge is 0.272 e. The van der Waals surface area contributed by atoms with Gasteiger partial charge in [-0.15, -0.1) is 0 Å². The summed E-state index contributed by atoms with van der Waals surface area (Å²) < 4.78 is 9.44. The van der Waals surface area contributed by atoms with Crippen LogP contribution in [0.1, 0.15) is 22.6 Å². The molecule has 1 saturated heterocycles. The van der Waals surface area contributed by atoms with Gasteiger partial charge in [0, 0.05) is 44.0 Å². The molecule has 0 spiro atoms. The predicted molar refractivity (Wildman–Crippen MR) is 123 cm³/mol. The molecule has 1 atom stereocenters. The van der Waals surface area contributed by atoms with E-state index in [0.29, 0.717) is 17.5 Å². The van der Waals surface area contributed by atoms with E-state index in [0.717, 1.165) is 47.5 Å². The number of hydrogen-bond donors (Lipinski definition) is 3. The average Bonchev–Trinajstić information content (AvgIpc) is 3.54. The summed E-state index contributed by atoms with van der Waals surface area (Å²) in [4.78, 5) is 21.1. The number of fused-ring (bicyclic) bond motifs is 1. The van der Waals surface area contributed by atoms with Crippen molar-refractivity contribution in [2.24, 2.45) is 7.05 Å². The number of nitrogens with zero attached hydrogens (tertiary/aromatic N) is 6. The van der Waals surface area contributed by atoms with Crippen LogP contribution >= 0.6 is 0 Å². The number of amides is 1. The third-order valence-electron chi connectivity index (χ3n) is 5.59. The standard InChI is InChI=1S/C22H25N9O2/c1-13-18(33-15-6-8-24-11-15)12-31(28-13)19-7-9-25-22(27-19)26-14-4-5-17-16(10-14)20(21(32)23-2)29-30(17)3/h4-5,7,9-10,12,15,24H,6,8,11H2,1-3H3,(H,23,32)(H,25,26,27)/t15-/m1/s1. The minimum atomic E-state index is -0.239. The predicted octanol–water partition coefficient (Wildman–Crippen LogP) is 1.70. The van der Waals surface area contributed by atoms with Gasteiger partial charge in [0.15, 0.2) is 17.3 Å². The molecule has 1 aromatic carbocycles. The van der Waals surface area contributed by atoms with Gasteiger partial charge in [-0.25, -0.2) is 9.67 Å². The molecule has 4 aromatic rings. The van der Waals surface area contributed by atoms with Crippen LogP contribution in [0.3, 0.4) is 0 Å². The molecule has 170 valence electrons. The molecule has 0 bridgehead atoms. The summed E-state index contributed by atoms with van der Waals surface area (Å²) in [5.74, 6) is 1.54. The molecule has 5 rings (SSSR count). The van der Waals surface area contributed by atoms with Gasteiger partial charge in [0.05, 0.1) is 11.7 Å². The molecule has 3 N–H and O–H groups in total. The first kappa shape index (κ1) is 20.9. The Bertz CT molecular complexity index is 1320. The first-order chi connectivity index (χ1) is 16.0. The van der Waals surface area contributed by atoms with Crippen LogP contribution in [0.2, 0.25) is 0 Å². The van der Waals surface area contributed by atoms with Crippen molar-refractivity contribution in [3.8, 4) is 11.6 Å². The normalized spacial score (nSPS) is 15.7. The second-order valence-electron chi connectivity index (χ2n) is 7.90. The van der Waals surface area contributed by atoms with Crippen molar-refractivity contribution in [2.45, 2.75) is 19.4 Å². The molecule has 11 heteroatoms. The average molecular weight is 448 g/mol. The van der Waals surface area contributed by atoms with E-state index in [1.54, 1.807) is 28.7 Å². The zero-order valence-corrected chi connectivity index (χ0v) is 18.7. The lowest BCUT2D eigenvalue weighted by atomic mass is 10.2. The summed E-state index contributed by atoms with van der Waals surface area (Å²) >= 11 is 0. The second kappa shape index (κ2) is 8.51. The number of rotatable bonds is 6. The highest BCUT2D eigenvalue weighted by Gasteiger charge is 2.19. The van der Waals surface area contributed by atoms with Crippen molar-refractivity contribution in [3.63, 3.8) is 0 Å². The van der Waals surface area contributed by atoms with Crippen LogP contribution in [0.25, 0.3) is 16.7 Å². The summed E-state index contributed by atoms with van der Waals surface area (Å²) in [6, 6.07) is 7.45. The van der Waals surface area contributed by atoms with E-state index in [2.05, 4.69) is 36.1 Å². The Balaban J connectivity index is 1.40. The highest BCUT2D eigenvalue weighted by Crippen LogP contribution is 2.25. The SMILES string of the molecule is CNC(=O)c1nn(C)c2ccc(Nc3nccc(-n4cc(O[C@@H]5CCNC5)c(C)n4)n3)cc12. The number of carbonyl (C=O) groups excluding carboxylic acids is 1. The van der Waals surface area contributed by atoms with Crippen molar-refractivity contribution in [2.75, 3.05) is 25.5 Å². The highest BCUT2D eigenvalue weighted by molar-refractivity contribution is 6.05. The van der Waals surface area contributed by atoms with Crippen LogP contribution in [0.5, 0.6) is 5.75 Å². The maximum absolute atomic E-state index is 12.2. The van der Waals surface area contributed by atoms with Crippen molar-refractivity contribution >= 4 is 28.4 Å². The zero-order valence-electron chi connectivity index (χ0n) is 18.7. The van der Waals surface area contributed by atoms with E-state index in [1.165, 1.54) is 0 Å². The summed E-state index contributed by atoms with van der Waals surface area (Å²) in [5, 5.41) is 18.8. The van der Waals surface area contributed by atoms with Gasteiger partial charge in [0.25, 0.3) is 5.91 Å². The fourth-order valence-electron chi connectivity index (χ4n) is 3.88. The Kier molecular flexibility index (Phi) is 5.38. The number of aryl methyl sites for hydroxylation is 2.